The summed E-state index contributed by atoms with van der Waals surface area (Å²) in [6.45, 7) is 0.440. The van der Waals surface area contributed by atoms with Crippen molar-refractivity contribution >= 4 is 11.3 Å². The van der Waals surface area contributed by atoms with E-state index in [4.69, 9.17) is 4.74 Å². The van der Waals surface area contributed by atoms with Gasteiger partial charge in [0.15, 0.2) is 11.3 Å². The van der Waals surface area contributed by atoms with Crippen molar-refractivity contribution in [3.8, 4) is 17.0 Å². The van der Waals surface area contributed by atoms with Gasteiger partial charge in [0, 0.05) is 5.56 Å². The maximum atomic E-state index is 12.3. The van der Waals surface area contributed by atoms with E-state index in [0.717, 1.165) is 16.9 Å². The largest absolute Gasteiger partial charge is 0.497 e. The van der Waals surface area contributed by atoms with E-state index in [1.807, 2.05) is 54.6 Å². The van der Waals surface area contributed by atoms with Crippen molar-refractivity contribution in [3.63, 3.8) is 0 Å². The Balaban J connectivity index is 1.81. The minimum Gasteiger partial charge on any atom is -0.497 e. The van der Waals surface area contributed by atoms with Crippen LogP contribution < -0.4 is 10.4 Å². The van der Waals surface area contributed by atoms with Gasteiger partial charge in [0.2, 0.25) is 0 Å². The number of aromatic nitrogens is 4. The molecule has 2 aromatic carbocycles. The summed E-state index contributed by atoms with van der Waals surface area (Å²) in [7, 11) is 1.62. The Morgan fingerprint density at radius 3 is 2.76 bits per heavy atom. The molecule has 0 spiro atoms. The minimum absolute atomic E-state index is 0.221. The quantitative estimate of drug-likeness (QED) is 0.624. The van der Waals surface area contributed by atoms with Crippen LogP contribution in [-0.2, 0) is 6.54 Å². The molecular formula is C19H16N4O2. The number of benzene rings is 2. The summed E-state index contributed by atoms with van der Waals surface area (Å²) in [5.41, 5.74) is 3.39. The minimum atomic E-state index is -0.221. The highest BCUT2D eigenvalue weighted by atomic mass is 16.5. The van der Waals surface area contributed by atoms with Gasteiger partial charge in [-0.25, -0.2) is 14.8 Å². The number of imidazole rings is 1. The third-order valence-corrected chi connectivity index (χ3v) is 4.03. The van der Waals surface area contributed by atoms with E-state index in [1.54, 1.807) is 17.9 Å². The van der Waals surface area contributed by atoms with Crippen molar-refractivity contribution in [2.75, 3.05) is 7.11 Å². The van der Waals surface area contributed by atoms with Crippen LogP contribution >= 0.6 is 0 Å². The molecule has 6 nitrogen and oxygen atoms in total. The molecule has 6 heteroatoms. The number of aromatic amines is 1. The molecule has 0 aliphatic carbocycles. The molecule has 4 rings (SSSR count). The number of nitrogens with zero attached hydrogens (tertiary/aromatic N) is 3. The van der Waals surface area contributed by atoms with Crippen LogP contribution in [0.3, 0.4) is 0 Å². The van der Waals surface area contributed by atoms with E-state index in [0.29, 0.717) is 23.5 Å². The molecule has 0 radical (unpaired) electrons. The number of hydrogen-bond donors (Lipinski definition) is 1. The van der Waals surface area contributed by atoms with Crippen molar-refractivity contribution in [3.05, 3.63) is 76.8 Å². The second-order valence-corrected chi connectivity index (χ2v) is 5.66. The van der Waals surface area contributed by atoms with Crippen molar-refractivity contribution in [1.82, 2.24) is 19.5 Å². The zero-order chi connectivity index (χ0) is 17.2. The third kappa shape index (κ3) is 2.89. The zero-order valence-corrected chi connectivity index (χ0v) is 13.6. The molecule has 0 saturated heterocycles. The number of nitrogens with one attached hydrogen (secondary N) is 1. The van der Waals surface area contributed by atoms with Gasteiger partial charge in [-0.2, -0.15) is 0 Å². The van der Waals surface area contributed by atoms with Crippen LogP contribution in [0.1, 0.15) is 5.56 Å². The molecule has 2 heterocycles. The number of methoxy groups -OCH3 is 1. The fourth-order valence-electron chi connectivity index (χ4n) is 2.75. The summed E-state index contributed by atoms with van der Waals surface area (Å²) in [6.07, 6.45) is 1.65. The highest BCUT2D eigenvalue weighted by molar-refractivity contribution is 5.71. The first-order chi connectivity index (χ1) is 12.2. The molecule has 25 heavy (non-hydrogen) atoms. The van der Waals surface area contributed by atoms with Crippen molar-refractivity contribution in [1.29, 1.82) is 0 Å². The lowest BCUT2D eigenvalue weighted by atomic mass is 10.1. The molecule has 0 aliphatic heterocycles. The molecule has 0 saturated carbocycles. The van der Waals surface area contributed by atoms with Gasteiger partial charge in [-0.3, -0.25) is 9.55 Å². The van der Waals surface area contributed by atoms with E-state index < -0.39 is 0 Å². The lowest BCUT2D eigenvalue weighted by Crippen LogP contribution is -2.17. The summed E-state index contributed by atoms with van der Waals surface area (Å²) in [5, 5.41) is 0. The van der Waals surface area contributed by atoms with E-state index >= 15 is 0 Å². The maximum Gasteiger partial charge on any atom is 0.329 e. The SMILES string of the molecule is COc1cccc(-c2cnc3[nH]c(=O)n(Cc4ccccc4)c3n2)c1. The van der Waals surface area contributed by atoms with Crippen molar-refractivity contribution < 1.29 is 4.74 Å². The van der Waals surface area contributed by atoms with Crippen LogP contribution in [0.15, 0.2) is 65.6 Å². The van der Waals surface area contributed by atoms with Crippen LogP contribution in [0.2, 0.25) is 0 Å². The topological polar surface area (TPSA) is 72.8 Å². The maximum absolute atomic E-state index is 12.3. The molecule has 0 fully saturated rings. The lowest BCUT2D eigenvalue weighted by Gasteiger charge is -2.06. The van der Waals surface area contributed by atoms with Gasteiger partial charge in [-0.1, -0.05) is 42.5 Å². The molecule has 0 amide bonds. The van der Waals surface area contributed by atoms with Crippen LogP contribution in [0.5, 0.6) is 5.75 Å². The van der Waals surface area contributed by atoms with E-state index in [2.05, 4.69) is 15.0 Å². The standard InChI is InChI=1S/C19H16N4O2/c1-25-15-9-5-8-14(10-15)16-11-20-17-18(21-16)23(19(24)22-17)12-13-6-3-2-4-7-13/h2-11H,12H2,1H3,(H,20,22,24). The number of H-pyrrole nitrogens is 1. The average molecular weight is 332 g/mol. The monoisotopic (exact) mass is 332 g/mol. The van der Waals surface area contributed by atoms with Gasteiger partial charge in [0.1, 0.15) is 5.75 Å². The molecule has 1 N–H and O–H groups in total. The number of hydrogen-bond acceptors (Lipinski definition) is 4. The molecule has 124 valence electrons. The fraction of sp³-hybridized carbons (Fsp3) is 0.105. The summed E-state index contributed by atoms with van der Waals surface area (Å²) in [5.74, 6) is 0.746. The number of rotatable bonds is 4. The highest BCUT2D eigenvalue weighted by Crippen LogP contribution is 2.22. The lowest BCUT2D eigenvalue weighted by molar-refractivity contribution is 0.415. The van der Waals surface area contributed by atoms with Gasteiger partial charge < -0.3 is 4.74 Å². The number of fused-ring (bicyclic) bond motifs is 1. The van der Waals surface area contributed by atoms with Crippen LogP contribution in [0.25, 0.3) is 22.6 Å². The van der Waals surface area contributed by atoms with Gasteiger partial charge >= 0.3 is 5.69 Å². The third-order valence-electron chi connectivity index (χ3n) is 4.03. The normalized spacial score (nSPS) is 10.9. The summed E-state index contributed by atoms with van der Waals surface area (Å²) < 4.78 is 6.86. The van der Waals surface area contributed by atoms with Gasteiger partial charge in [-0.05, 0) is 17.7 Å². The van der Waals surface area contributed by atoms with Crippen molar-refractivity contribution in [2.24, 2.45) is 0 Å². The Morgan fingerprint density at radius 1 is 1.12 bits per heavy atom. The molecule has 0 bridgehead atoms. The molecule has 0 unspecified atom stereocenters. The first kappa shape index (κ1) is 15.1. The first-order valence-electron chi connectivity index (χ1n) is 7.88. The van der Waals surface area contributed by atoms with Gasteiger partial charge in [0.25, 0.3) is 0 Å². The van der Waals surface area contributed by atoms with E-state index in [-0.39, 0.29) is 5.69 Å². The smallest absolute Gasteiger partial charge is 0.329 e. The molecular weight excluding hydrogens is 316 g/mol. The first-order valence-corrected chi connectivity index (χ1v) is 7.88. The van der Waals surface area contributed by atoms with Crippen LogP contribution in [0.4, 0.5) is 0 Å². The number of ether oxygens (including phenoxy) is 1. The summed E-state index contributed by atoms with van der Waals surface area (Å²) in [6, 6.07) is 17.4. The van der Waals surface area contributed by atoms with Gasteiger partial charge in [0.05, 0.1) is 25.5 Å². The van der Waals surface area contributed by atoms with Crippen molar-refractivity contribution in [2.45, 2.75) is 6.54 Å². The Morgan fingerprint density at radius 2 is 1.96 bits per heavy atom. The summed E-state index contributed by atoms with van der Waals surface area (Å²) in [4.78, 5) is 24.1. The predicted octanol–water partition coefficient (Wildman–Crippen LogP) is 2.84. The second kappa shape index (κ2) is 6.24. The van der Waals surface area contributed by atoms with Gasteiger partial charge in [-0.15, -0.1) is 0 Å². The highest BCUT2D eigenvalue weighted by Gasteiger charge is 2.12. The Bertz CT molecular complexity index is 1080. The van der Waals surface area contributed by atoms with E-state index in [9.17, 15) is 4.79 Å². The van der Waals surface area contributed by atoms with E-state index in [1.165, 1.54) is 0 Å². The molecule has 4 aromatic rings. The Kier molecular flexibility index (Phi) is 3.78. The van der Waals surface area contributed by atoms with Crippen LogP contribution in [-0.4, -0.2) is 26.6 Å². The Labute approximate surface area is 143 Å². The predicted molar refractivity (Wildman–Crippen MR) is 95.7 cm³/mol. The fourth-order valence-corrected chi connectivity index (χ4v) is 2.75. The average Bonchev–Trinajstić information content (AvgIpc) is 2.97. The zero-order valence-electron chi connectivity index (χ0n) is 13.6. The molecule has 2 aromatic heterocycles. The summed E-state index contributed by atoms with van der Waals surface area (Å²) >= 11 is 0. The van der Waals surface area contributed by atoms with Crippen LogP contribution in [0, 0.1) is 0 Å². The molecule has 0 aliphatic rings. The Hall–Kier alpha value is -3.41. The molecule has 0 atom stereocenters. The second-order valence-electron chi connectivity index (χ2n) is 5.66.